The Bertz CT molecular complexity index is 581. The van der Waals surface area contributed by atoms with Crippen LogP contribution in [0.15, 0.2) is 35.7 Å². The second-order valence-corrected chi connectivity index (χ2v) is 6.05. The van der Waals surface area contributed by atoms with Crippen LogP contribution in [0.5, 0.6) is 11.5 Å². The van der Waals surface area contributed by atoms with Crippen molar-refractivity contribution in [2.45, 2.75) is 24.8 Å². The topological polar surface area (TPSA) is 44.5 Å². The van der Waals surface area contributed by atoms with Crippen LogP contribution in [0.25, 0.3) is 0 Å². The van der Waals surface area contributed by atoms with Gasteiger partial charge in [0.15, 0.2) is 0 Å². The van der Waals surface area contributed by atoms with E-state index in [1.165, 1.54) is 10.4 Å². The summed E-state index contributed by atoms with van der Waals surface area (Å²) in [4.78, 5) is 1.19. The molecule has 1 aromatic heterocycles. The molecule has 0 saturated heterocycles. The summed E-state index contributed by atoms with van der Waals surface area (Å²) in [5.41, 5.74) is 7.65. The summed E-state index contributed by atoms with van der Waals surface area (Å²) in [5, 5.41) is 2.01. The average molecular weight is 289 g/mol. The highest BCUT2D eigenvalue weighted by atomic mass is 32.1. The van der Waals surface area contributed by atoms with E-state index in [1.54, 1.807) is 18.4 Å². The van der Waals surface area contributed by atoms with Crippen LogP contribution in [0.4, 0.5) is 0 Å². The van der Waals surface area contributed by atoms with Crippen molar-refractivity contribution in [2.75, 3.05) is 13.7 Å². The smallest absolute Gasteiger partial charge is 0.129 e. The van der Waals surface area contributed by atoms with E-state index in [1.807, 2.05) is 23.6 Å². The summed E-state index contributed by atoms with van der Waals surface area (Å²) < 4.78 is 10.9. The van der Waals surface area contributed by atoms with E-state index in [0.29, 0.717) is 5.92 Å². The monoisotopic (exact) mass is 289 g/mol. The molecule has 20 heavy (non-hydrogen) atoms. The lowest BCUT2D eigenvalue weighted by Crippen LogP contribution is -2.19. The van der Waals surface area contributed by atoms with E-state index in [-0.39, 0.29) is 6.04 Å². The lowest BCUT2D eigenvalue weighted by Gasteiger charge is -2.27. The molecule has 3 rings (SSSR count). The predicted molar refractivity (Wildman–Crippen MR) is 81.7 cm³/mol. The quantitative estimate of drug-likeness (QED) is 0.933. The largest absolute Gasteiger partial charge is 0.496 e. The fraction of sp³-hybridized carbons (Fsp3) is 0.375. The molecule has 0 aliphatic carbocycles. The second-order valence-electron chi connectivity index (χ2n) is 5.10. The molecule has 1 aromatic carbocycles. The second kappa shape index (κ2) is 5.85. The Hall–Kier alpha value is -1.52. The van der Waals surface area contributed by atoms with Crippen molar-refractivity contribution in [3.63, 3.8) is 0 Å². The van der Waals surface area contributed by atoms with Gasteiger partial charge in [-0.2, -0.15) is 0 Å². The molecule has 0 fully saturated rings. The molecule has 1 aliphatic rings. The number of thiophene rings is 1. The number of hydrogen-bond acceptors (Lipinski definition) is 4. The molecule has 1 aliphatic heterocycles. The molecule has 2 atom stereocenters. The van der Waals surface area contributed by atoms with Gasteiger partial charge in [-0.1, -0.05) is 18.2 Å². The van der Waals surface area contributed by atoms with Crippen LogP contribution in [-0.2, 0) is 0 Å². The van der Waals surface area contributed by atoms with Crippen molar-refractivity contribution in [3.8, 4) is 11.5 Å². The van der Waals surface area contributed by atoms with Crippen LogP contribution in [0.3, 0.4) is 0 Å². The molecule has 0 saturated carbocycles. The minimum atomic E-state index is 0.0556. The van der Waals surface area contributed by atoms with Crippen molar-refractivity contribution < 1.29 is 9.47 Å². The van der Waals surface area contributed by atoms with Crippen LogP contribution >= 0.6 is 11.3 Å². The van der Waals surface area contributed by atoms with Crippen molar-refractivity contribution in [1.29, 1.82) is 0 Å². The van der Waals surface area contributed by atoms with E-state index >= 15 is 0 Å². The summed E-state index contributed by atoms with van der Waals surface area (Å²) >= 11 is 1.67. The zero-order valence-electron chi connectivity index (χ0n) is 11.5. The van der Waals surface area contributed by atoms with Gasteiger partial charge in [0, 0.05) is 16.3 Å². The molecule has 106 valence electrons. The van der Waals surface area contributed by atoms with Crippen LogP contribution in [0.2, 0.25) is 0 Å². The maximum Gasteiger partial charge on any atom is 0.129 e. The lowest BCUT2D eigenvalue weighted by atomic mass is 9.87. The molecular formula is C16H19NO2S. The van der Waals surface area contributed by atoms with Gasteiger partial charge in [0.05, 0.1) is 13.7 Å². The van der Waals surface area contributed by atoms with Crippen molar-refractivity contribution in [3.05, 3.63) is 46.2 Å². The van der Waals surface area contributed by atoms with Crippen LogP contribution in [0, 0.1) is 0 Å². The molecule has 2 unspecified atom stereocenters. The van der Waals surface area contributed by atoms with Crippen LogP contribution < -0.4 is 15.2 Å². The molecular weight excluding hydrogens is 270 g/mol. The number of methoxy groups -OCH3 is 1. The summed E-state index contributed by atoms with van der Waals surface area (Å²) in [6.07, 6.45) is 1.98. The number of fused-ring (bicyclic) bond motifs is 1. The predicted octanol–water partition coefficient (Wildman–Crippen LogP) is 3.71. The van der Waals surface area contributed by atoms with Gasteiger partial charge in [0.2, 0.25) is 0 Å². The Balaban J connectivity index is 1.75. The first-order valence-electron chi connectivity index (χ1n) is 6.87. The van der Waals surface area contributed by atoms with Crippen LogP contribution in [0.1, 0.15) is 35.2 Å². The van der Waals surface area contributed by atoms with Crippen LogP contribution in [-0.4, -0.2) is 13.7 Å². The molecule has 2 N–H and O–H groups in total. The Morgan fingerprint density at radius 3 is 3.10 bits per heavy atom. The van der Waals surface area contributed by atoms with E-state index in [0.717, 1.165) is 30.9 Å². The van der Waals surface area contributed by atoms with Gasteiger partial charge in [-0.3, -0.25) is 0 Å². The maximum absolute atomic E-state index is 6.37. The van der Waals surface area contributed by atoms with E-state index < -0.39 is 0 Å². The van der Waals surface area contributed by atoms with E-state index in [9.17, 15) is 0 Å². The highest BCUT2D eigenvalue weighted by Crippen LogP contribution is 2.39. The fourth-order valence-corrected chi connectivity index (χ4v) is 3.59. The first-order chi connectivity index (χ1) is 9.78. The first kappa shape index (κ1) is 13.5. The van der Waals surface area contributed by atoms with Gasteiger partial charge in [-0.05, 0) is 36.5 Å². The molecule has 2 heterocycles. The Morgan fingerprint density at radius 1 is 1.45 bits per heavy atom. The third kappa shape index (κ3) is 2.67. The third-order valence-corrected chi connectivity index (χ3v) is 4.86. The summed E-state index contributed by atoms with van der Waals surface area (Å²) in [6, 6.07) is 10.4. The van der Waals surface area contributed by atoms with Gasteiger partial charge in [0.25, 0.3) is 0 Å². The maximum atomic E-state index is 6.37. The van der Waals surface area contributed by atoms with Gasteiger partial charge < -0.3 is 15.2 Å². The summed E-state index contributed by atoms with van der Waals surface area (Å²) in [6.45, 7) is 0.780. The zero-order valence-corrected chi connectivity index (χ0v) is 12.4. The highest BCUT2D eigenvalue weighted by molar-refractivity contribution is 7.10. The summed E-state index contributed by atoms with van der Waals surface area (Å²) in [7, 11) is 1.69. The van der Waals surface area contributed by atoms with Crippen molar-refractivity contribution >= 4 is 11.3 Å². The number of ether oxygens (including phenoxy) is 2. The highest BCUT2D eigenvalue weighted by Gasteiger charge is 2.24. The number of nitrogens with two attached hydrogens (primary N) is 1. The van der Waals surface area contributed by atoms with E-state index in [4.69, 9.17) is 15.2 Å². The molecule has 4 heteroatoms. The number of para-hydroxylation sites is 1. The number of hydrogen-bond donors (Lipinski definition) is 1. The SMILES string of the molecule is COc1csc(C(N)CC2CCOc3ccccc32)c1. The first-order valence-corrected chi connectivity index (χ1v) is 7.75. The summed E-state index contributed by atoms with van der Waals surface area (Å²) in [5.74, 6) is 2.38. The minimum Gasteiger partial charge on any atom is -0.496 e. The molecule has 0 bridgehead atoms. The molecule has 0 radical (unpaired) electrons. The minimum absolute atomic E-state index is 0.0556. The Labute approximate surface area is 123 Å². The van der Waals surface area contributed by atoms with E-state index in [2.05, 4.69) is 12.1 Å². The normalized spacial score (nSPS) is 19.0. The lowest BCUT2D eigenvalue weighted by molar-refractivity contribution is 0.259. The standard InChI is InChI=1S/C16H19NO2S/c1-18-12-9-16(20-10-12)14(17)8-11-6-7-19-15-5-3-2-4-13(11)15/h2-5,9-11,14H,6-8,17H2,1H3. The fourth-order valence-electron chi connectivity index (χ4n) is 2.72. The Kier molecular flexibility index (Phi) is 3.94. The molecule has 0 amide bonds. The van der Waals surface area contributed by atoms with Gasteiger partial charge >= 0.3 is 0 Å². The molecule has 3 nitrogen and oxygen atoms in total. The molecule has 2 aromatic rings. The van der Waals surface area contributed by atoms with Crippen molar-refractivity contribution in [1.82, 2.24) is 0 Å². The average Bonchev–Trinajstić information content (AvgIpc) is 2.97. The number of benzene rings is 1. The number of rotatable bonds is 4. The molecule has 0 spiro atoms. The van der Waals surface area contributed by atoms with Gasteiger partial charge in [0.1, 0.15) is 11.5 Å². The van der Waals surface area contributed by atoms with Gasteiger partial charge in [-0.15, -0.1) is 11.3 Å². The van der Waals surface area contributed by atoms with Crippen molar-refractivity contribution in [2.24, 2.45) is 5.73 Å². The Morgan fingerprint density at radius 2 is 2.30 bits per heavy atom. The third-order valence-electron chi connectivity index (χ3n) is 3.82. The zero-order chi connectivity index (χ0) is 13.9. The van der Waals surface area contributed by atoms with Gasteiger partial charge in [-0.25, -0.2) is 0 Å².